The highest BCUT2D eigenvalue weighted by molar-refractivity contribution is 6.33. The Labute approximate surface area is 110 Å². The van der Waals surface area contributed by atoms with Crippen LogP contribution >= 0.6 is 11.6 Å². The van der Waals surface area contributed by atoms with Crippen LogP contribution in [-0.2, 0) is 6.42 Å². The van der Waals surface area contributed by atoms with Gasteiger partial charge in [0.15, 0.2) is 0 Å². The van der Waals surface area contributed by atoms with E-state index in [-0.39, 0.29) is 5.91 Å². The highest BCUT2D eigenvalue weighted by Crippen LogP contribution is 2.14. The van der Waals surface area contributed by atoms with E-state index in [9.17, 15) is 4.79 Å². The average molecular weight is 265 g/mol. The highest BCUT2D eigenvalue weighted by Gasteiger charge is 2.08. The third kappa shape index (κ3) is 3.30. The number of hydrogen-bond donors (Lipinski definition) is 2. The van der Waals surface area contributed by atoms with Gasteiger partial charge in [0.25, 0.3) is 5.91 Å². The molecular formula is C12H13ClN4O. The van der Waals surface area contributed by atoms with E-state index in [0.29, 0.717) is 17.1 Å². The molecule has 0 aliphatic carbocycles. The van der Waals surface area contributed by atoms with Crippen LogP contribution in [0.15, 0.2) is 30.6 Å². The van der Waals surface area contributed by atoms with Crippen LogP contribution in [0, 0.1) is 0 Å². The van der Waals surface area contributed by atoms with Gasteiger partial charge in [0.05, 0.1) is 10.6 Å². The maximum absolute atomic E-state index is 11.8. The van der Waals surface area contributed by atoms with Crippen molar-refractivity contribution in [2.24, 2.45) is 0 Å². The first-order valence-electron chi connectivity index (χ1n) is 5.64. The summed E-state index contributed by atoms with van der Waals surface area (Å²) in [6.07, 6.45) is 3.02. The SMILES string of the molecule is O=C(NCCCc1ncn[nH]1)c1ccccc1Cl. The van der Waals surface area contributed by atoms with Gasteiger partial charge in [-0.1, -0.05) is 23.7 Å². The Hall–Kier alpha value is -1.88. The van der Waals surface area contributed by atoms with Gasteiger partial charge in [-0.2, -0.15) is 5.10 Å². The van der Waals surface area contributed by atoms with Crippen molar-refractivity contribution in [3.8, 4) is 0 Å². The quantitative estimate of drug-likeness (QED) is 0.810. The number of carbonyl (C=O) groups is 1. The largest absolute Gasteiger partial charge is 0.352 e. The molecular weight excluding hydrogens is 252 g/mol. The summed E-state index contributed by atoms with van der Waals surface area (Å²) in [6, 6.07) is 6.98. The lowest BCUT2D eigenvalue weighted by molar-refractivity contribution is 0.0953. The summed E-state index contributed by atoms with van der Waals surface area (Å²) in [5, 5.41) is 9.81. The molecule has 0 atom stereocenters. The second kappa shape index (κ2) is 6.16. The summed E-state index contributed by atoms with van der Waals surface area (Å²) in [5.74, 6) is 0.667. The molecule has 2 N–H and O–H groups in total. The Bertz CT molecular complexity index is 513. The van der Waals surface area contributed by atoms with Crippen LogP contribution in [0.3, 0.4) is 0 Å². The number of benzene rings is 1. The van der Waals surface area contributed by atoms with Crippen molar-refractivity contribution in [1.82, 2.24) is 20.5 Å². The van der Waals surface area contributed by atoms with Crippen molar-refractivity contribution < 1.29 is 4.79 Å². The monoisotopic (exact) mass is 264 g/mol. The number of amides is 1. The summed E-state index contributed by atoms with van der Waals surface area (Å²) >= 11 is 5.93. The Morgan fingerprint density at radius 3 is 2.94 bits per heavy atom. The Morgan fingerprint density at radius 2 is 2.22 bits per heavy atom. The van der Waals surface area contributed by atoms with Gasteiger partial charge in [0.1, 0.15) is 12.2 Å². The third-order valence-electron chi connectivity index (χ3n) is 2.46. The molecule has 1 aromatic heterocycles. The number of nitrogens with zero attached hydrogens (tertiary/aromatic N) is 2. The smallest absolute Gasteiger partial charge is 0.252 e. The van der Waals surface area contributed by atoms with Crippen LogP contribution < -0.4 is 5.32 Å². The predicted molar refractivity (Wildman–Crippen MR) is 68.5 cm³/mol. The van der Waals surface area contributed by atoms with E-state index in [2.05, 4.69) is 20.5 Å². The van der Waals surface area contributed by atoms with E-state index in [1.165, 1.54) is 6.33 Å². The molecule has 1 heterocycles. The number of halogens is 1. The Kier molecular flexibility index (Phi) is 4.30. The molecule has 0 saturated heterocycles. The standard InChI is InChI=1S/C12H13ClN4O/c13-10-5-2-1-4-9(10)12(18)14-7-3-6-11-15-8-16-17-11/h1-2,4-5,8H,3,6-7H2,(H,14,18)(H,15,16,17). The van der Waals surface area contributed by atoms with Crippen molar-refractivity contribution >= 4 is 17.5 Å². The fourth-order valence-electron chi connectivity index (χ4n) is 1.55. The van der Waals surface area contributed by atoms with E-state index >= 15 is 0 Å². The minimum atomic E-state index is -0.154. The molecule has 0 saturated carbocycles. The third-order valence-corrected chi connectivity index (χ3v) is 2.79. The molecule has 1 aromatic carbocycles. The maximum atomic E-state index is 11.8. The first kappa shape index (κ1) is 12.6. The zero-order valence-corrected chi connectivity index (χ0v) is 10.4. The van der Waals surface area contributed by atoms with E-state index in [1.54, 1.807) is 24.3 Å². The molecule has 0 fully saturated rings. The molecule has 1 amide bonds. The van der Waals surface area contributed by atoms with Gasteiger partial charge >= 0.3 is 0 Å². The van der Waals surface area contributed by atoms with Crippen molar-refractivity contribution in [2.75, 3.05) is 6.54 Å². The summed E-state index contributed by atoms with van der Waals surface area (Å²) in [4.78, 5) is 15.8. The van der Waals surface area contributed by atoms with Crippen LogP contribution in [0.1, 0.15) is 22.6 Å². The molecule has 18 heavy (non-hydrogen) atoms. The molecule has 0 aliphatic rings. The van der Waals surface area contributed by atoms with E-state index in [1.807, 2.05) is 0 Å². The van der Waals surface area contributed by atoms with Crippen LogP contribution in [0.25, 0.3) is 0 Å². The molecule has 6 heteroatoms. The molecule has 0 bridgehead atoms. The number of rotatable bonds is 5. The molecule has 5 nitrogen and oxygen atoms in total. The second-order valence-corrected chi connectivity index (χ2v) is 4.18. The minimum Gasteiger partial charge on any atom is -0.352 e. The van der Waals surface area contributed by atoms with E-state index in [0.717, 1.165) is 18.7 Å². The number of hydrogen-bond acceptors (Lipinski definition) is 3. The molecule has 94 valence electrons. The number of aromatic nitrogens is 3. The number of H-pyrrole nitrogens is 1. The number of carbonyl (C=O) groups excluding carboxylic acids is 1. The summed E-state index contributed by atoms with van der Waals surface area (Å²) in [5.41, 5.74) is 0.499. The van der Waals surface area contributed by atoms with Gasteiger partial charge in [-0.05, 0) is 18.6 Å². The fourth-order valence-corrected chi connectivity index (χ4v) is 1.77. The first-order valence-corrected chi connectivity index (χ1v) is 6.02. The van der Waals surface area contributed by atoms with Gasteiger partial charge in [-0.15, -0.1) is 0 Å². The average Bonchev–Trinajstić information content (AvgIpc) is 2.88. The van der Waals surface area contributed by atoms with Crippen molar-refractivity contribution in [1.29, 1.82) is 0 Å². The summed E-state index contributed by atoms with van der Waals surface area (Å²) in [6.45, 7) is 0.574. The number of aryl methyl sites for hydroxylation is 1. The van der Waals surface area contributed by atoms with Crippen LogP contribution in [0.5, 0.6) is 0 Å². The second-order valence-electron chi connectivity index (χ2n) is 3.77. The lowest BCUT2D eigenvalue weighted by atomic mass is 10.2. The lowest BCUT2D eigenvalue weighted by Crippen LogP contribution is -2.25. The molecule has 2 rings (SSSR count). The van der Waals surface area contributed by atoms with Crippen LogP contribution in [0.2, 0.25) is 5.02 Å². The molecule has 0 unspecified atom stereocenters. The Morgan fingerprint density at radius 1 is 1.39 bits per heavy atom. The molecule has 0 radical (unpaired) electrons. The summed E-state index contributed by atoms with van der Waals surface area (Å²) < 4.78 is 0. The van der Waals surface area contributed by atoms with Crippen molar-refractivity contribution in [2.45, 2.75) is 12.8 Å². The van der Waals surface area contributed by atoms with Crippen molar-refractivity contribution in [3.05, 3.63) is 47.0 Å². The normalized spacial score (nSPS) is 10.3. The minimum absolute atomic E-state index is 0.154. The Balaban J connectivity index is 1.77. The lowest BCUT2D eigenvalue weighted by Gasteiger charge is -2.05. The van der Waals surface area contributed by atoms with Gasteiger partial charge < -0.3 is 5.32 Å². The fraction of sp³-hybridized carbons (Fsp3) is 0.250. The van der Waals surface area contributed by atoms with Gasteiger partial charge in [-0.25, -0.2) is 4.98 Å². The molecule has 0 spiro atoms. The molecule has 0 aliphatic heterocycles. The maximum Gasteiger partial charge on any atom is 0.252 e. The number of nitrogens with one attached hydrogen (secondary N) is 2. The van der Waals surface area contributed by atoms with E-state index < -0.39 is 0 Å². The zero-order valence-electron chi connectivity index (χ0n) is 9.69. The molecule has 2 aromatic rings. The highest BCUT2D eigenvalue weighted by atomic mass is 35.5. The topological polar surface area (TPSA) is 70.7 Å². The zero-order chi connectivity index (χ0) is 12.8. The van der Waals surface area contributed by atoms with Gasteiger partial charge in [0.2, 0.25) is 0 Å². The van der Waals surface area contributed by atoms with Crippen LogP contribution in [0.4, 0.5) is 0 Å². The predicted octanol–water partition coefficient (Wildman–Crippen LogP) is 1.82. The van der Waals surface area contributed by atoms with Crippen LogP contribution in [-0.4, -0.2) is 27.6 Å². The van der Waals surface area contributed by atoms with Gasteiger partial charge in [-0.3, -0.25) is 9.89 Å². The summed E-state index contributed by atoms with van der Waals surface area (Å²) in [7, 11) is 0. The number of aromatic amines is 1. The van der Waals surface area contributed by atoms with Crippen molar-refractivity contribution in [3.63, 3.8) is 0 Å². The first-order chi connectivity index (χ1) is 8.77. The van der Waals surface area contributed by atoms with E-state index in [4.69, 9.17) is 11.6 Å². The van der Waals surface area contributed by atoms with Gasteiger partial charge in [0, 0.05) is 13.0 Å².